The molecule has 0 aliphatic carbocycles. The average molecular weight is 424 g/mol. The van der Waals surface area contributed by atoms with E-state index in [1.165, 1.54) is 11.1 Å². The van der Waals surface area contributed by atoms with Crippen molar-refractivity contribution in [1.82, 2.24) is 0 Å². The SMILES string of the molecule is Cc1ccc(O)cc1.Cc1ccc(O)cc1.[Br][Ti][Br]. The molecule has 2 N–H and O–H groups in total. The molecule has 0 saturated carbocycles. The van der Waals surface area contributed by atoms with Gasteiger partial charge in [-0.05, 0) is 38.1 Å². The normalized spacial score (nSPS) is 8.42. The van der Waals surface area contributed by atoms with Gasteiger partial charge in [0.2, 0.25) is 0 Å². The number of hydrogen-bond acceptors (Lipinski definition) is 2. The number of benzene rings is 2. The zero-order valence-electron chi connectivity index (χ0n) is 10.8. The molecule has 2 nitrogen and oxygen atoms in total. The van der Waals surface area contributed by atoms with Gasteiger partial charge >= 0.3 is 41.3 Å². The van der Waals surface area contributed by atoms with Gasteiger partial charge in [0.25, 0.3) is 0 Å². The molecule has 5 heteroatoms. The molecule has 0 spiro atoms. The number of aromatic hydroxyl groups is 2. The van der Waals surface area contributed by atoms with E-state index in [4.69, 9.17) is 10.2 Å². The maximum atomic E-state index is 8.76. The summed E-state index contributed by atoms with van der Waals surface area (Å²) < 4.78 is 0. The van der Waals surface area contributed by atoms with Crippen molar-refractivity contribution >= 4 is 26.3 Å². The summed E-state index contributed by atoms with van der Waals surface area (Å²) in [5.41, 5.74) is 2.34. The van der Waals surface area contributed by atoms with Crippen molar-refractivity contribution in [3.05, 3.63) is 59.7 Å². The Balaban J connectivity index is 0.000000284. The van der Waals surface area contributed by atoms with Crippen molar-refractivity contribution in [3.63, 3.8) is 0 Å². The Hall–Kier alpha value is -0.286. The molecule has 2 aromatic rings. The van der Waals surface area contributed by atoms with E-state index in [2.05, 4.69) is 26.3 Å². The minimum absolute atomic E-state index is 0.125. The van der Waals surface area contributed by atoms with Crippen LogP contribution in [0.2, 0.25) is 0 Å². The van der Waals surface area contributed by atoms with Crippen molar-refractivity contribution in [2.75, 3.05) is 0 Å². The average Bonchev–Trinajstić information content (AvgIpc) is 2.38. The number of rotatable bonds is 0. The van der Waals surface area contributed by atoms with Crippen molar-refractivity contribution < 1.29 is 25.2 Å². The van der Waals surface area contributed by atoms with Gasteiger partial charge in [0.15, 0.2) is 0 Å². The minimum atomic E-state index is 0.125. The second-order valence-corrected chi connectivity index (χ2v) is 11.6. The Kier molecular flexibility index (Phi) is 11.4. The number of aryl methyl sites for hydroxylation is 2. The molecule has 0 radical (unpaired) electrons. The van der Waals surface area contributed by atoms with E-state index in [1.807, 2.05) is 38.1 Å². The molecule has 2 aromatic carbocycles. The summed E-state index contributed by atoms with van der Waals surface area (Å²) >= 11 is 6.50. The summed E-state index contributed by atoms with van der Waals surface area (Å²) in [4.78, 5) is 0. The van der Waals surface area contributed by atoms with E-state index in [0.717, 1.165) is 0 Å². The predicted molar refractivity (Wildman–Crippen MR) is 83.5 cm³/mol. The molecular weight excluding hydrogens is 408 g/mol. The standard InChI is InChI=1S/2C7H8O.2BrH.Ti/c2*1-6-2-4-7(8)5-3-6;;;/h2*2-5,8H,1H3;2*1H;/q;;;;+2/p-2. The number of phenolic OH excluding ortho intramolecular Hbond substituents is 2. The molecular formula is C14H16Br2O2Ti. The molecule has 102 valence electrons. The fourth-order valence-corrected chi connectivity index (χ4v) is 1.09. The van der Waals surface area contributed by atoms with Gasteiger partial charge in [0, 0.05) is 0 Å². The number of halogens is 2. The van der Waals surface area contributed by atoms with Crippen LogP contribution in [0.4, 0.5) is 0 Å². The third kappa shape index (κ3) is 11.3. The van der Waals surface area contributed by atoms with Crippen LogP contribution < -0.4 is 0 Å². The van der Waals surface area contributed by atoms with Gasteiger partial charge in [-0.3, -0.25) is 0 Å². The molecule has 0 aromatic heterocycles. The first-order chi connectivity index (χ1) is 8.99. The van der Waals surface area contributed by atoms with Crippen molar-refractivity contribution in [2.24, 2.45) is 0 Å². The van der Waals surface area contributed by atoms with Gasteiger partial charge in [-0.15, -0.1) is 0 Å². The van der Waals surface area contributed by atoms with Gasteiger partial charge in [-0.1, -0.05) is 35.4 Å². The van der Waals surface area contributed by atoms with E-state index >= 15 is 0 Å². The van der Waals surface area contributed by atoms with Crippen LogP contribution in [-0.4, -0.2) is 10.2 Å². The van der Waals surface area contributed by atoms with Gasteiger partial charge < -0.3 is 10.2 Å². The van der Waals surface area contributed by atoms with E-state index in [-0.39, 0.29) is 15.0 Å². The second kappa shape index (κ2) is 11.5. The third-order valence-corrected chi connectivity index (χ3v) is 2.07. The Morgan fingerprint density at radius 2 is 0.895 bits per heavy atom. The molecule has 0 saturated heterocycles. The van der Waals surface area contributed by atoms with Gasteiger partial charge in [0.1, 0.15) is 11.5 Å². The first kappa shape index (κ1) is 18.7. The van der Waals surface area contributed by atoms with Gasteiger partial charge in [-0.25, -0.2) is 0 Å². The Bertz CT molecular complexity index is 359. The summed E-state index contributed by atoms with van der Waals surface area (Å²) in [7, 11) is 0. The van der Waals surface area contributed by atoms with Gasteiger partial charge in [-0.2, -0.15) is 0 Å². The van der Waals surface area contributed by atoms with Crippen molar-refractivity contribution in [3.8, 4) is 11.5 Å². The second-order valence-electron chi connectivity index (χ2n) is 3.74. The first-order valence-electron chi connectivity index (χ1n) is 5.47. The molecule has 19 heavy (non-hydrogen) atoms. The van der Waals surface area contributed by atoms with Crippen LogP contribution in [0.1, 0.15) is 11.1 Å². The molecule has 0 atom stereocenters. The number of phenols is 2. The molecule has 0 fully saturated rings. The van der Waals surface area contributed by atoms with Crippen molar-refractivity contribution in [1.29, 1.82) is 0 Å². The van der Waals surface area contributed by atoms with Crippen LogP contribution in [-0.2, 0) is 15.0 Å². The number of hydrogen-bond donors (Lipinski definition) is 2. The molecule has 0 aliphatic heterocycles. The van der Waals surface area contributed by atoms with Crippen LogP contribution in [0.3, 0.4) is 0 Å². The van der Waals surface area contributed by atoms with Crippen LogP contribution in [0.15, 0.2) is 48.5 Å². The summed E-state index contributed by atoms with van der Waals surface area (Å²) in [5.74, 6) is 0.659. The summed E-state index contributed by atoms with van der Waals surface area (Å²) in [6.45, 7) is 3.97. The van der Waals surface area contributed by atoms with Crippen LogP contribution in [0.5, 0.6) is 11.5 Å². The van der Waals surface area contributed by atoms with Crippen LogP contribution >= 0.6 is 26.3 Å². The third-order valence-electron chi connectivity index (χ3n) is 2.07. The van der Waals surface area contributed by atoms with Gasteiger partial charge in [0.05, 0.1) is 0 Å². The monoisotopic (exact) mass is 422 g/mol. The van der Waals surface area contributed by atoms with E-state index in [1.54, 1.807) is 24.3 Å². The summed E-state index contributed by atoms with van der Waals surface area (Å²) in [5, 5.41) is 17.5. The zero-order chi connectivity index (χ0) is 14.7. The molecule has 0 heterocycles. The van der Waals surface area contributed by atoms with E-state index in [0.29, 0.717) is 11.5 Å². The predicted octanol–water partition coefficient (Wildman–Crippen LogP) is 5.09. The van der Waals surface area contributed by atoms with E-state index in [9.17, 15) is 0 Å². The fourth-order valence-electron chi connectivity index (χ4n) is 1.09. The first-order valence-corrected chi connectivity index (χ1v) is 13.2. The maximum absolute atomic E-state index is 8.76. The molecule has 0 unspecified atom stereocenters. The zero-order valence-corrected chi connectivity index (χ0v) is 15.5. The Morgan fingerprint density at radius 3 is 1.05 bits per heavy atom. The Morgan fingerprint density at radius 1 is 0.684 bits per heavy atom. The topological polar surface area (TPSA) is 40.5 Å². The van der Waals surface area contributed by atoms with Crippen LogP contribution in [0.25, 0.3) is 0 Å². The Labute approximate surface area is 135 Å². The summed E-state index contributed by atoms with van der Waals surface area (Å²) in [6, 6.07) is 14.2. The van der Waals surface area contributed by atoms with E-state index < -0.39 is 0 Å². The van der Waals surface area contributed by atoms with Crippen LogP contribution in [0, 0.1) is 13.8 Å². The molecule has 0 aliphatic rings. The molecule has 0 bridgehead atoms. The fraction of sp³-hybridized carbons (Fsp3) is 0.143. The molecule has 2 rings (SSSR count). The summed E-state index contributed by atoms with van der Waals surface area (Å²) in [6.07, 6.45) is 0. The quantitative estimate of drug-likeness (QED) is 0.579. The molecule has 0 amide bonds. The van der Waals surface area contributed by atoms with Crippen molar-refractivity contribution in [2.45, 2.75) is 13.8 Å².